The van der Waals surface area contributed by atoms with E-state index in [2.05, 4.69) is 5.32 Å². The number of carbonyl (C=O) groups excluding carboxylic acids is 1. The van der Waals surface area contributed by atoms with E-state index in [9.17, 15) is 9.18 Å². The molecule has 0 bridgehead atoms. The molecule has 0 aliphatic carbocycles. The second-order valence-corrected chi connectivity index (χ2v) is 5.59. The second kappa shape index (κ2) is 8.02. The van der Waals surface area contributed by atoms with Gasteiger partial charge in [-0.2, -0.15) is 0 Å². The van der Waals surface area contributed by atoms with Crippen molar-refractivity contribution in [2.75, 3.05) is 13.7 Å². The number of halogens is 2. The fraction of sp³-hybridized carbons (Fsp3) is 0.278. The predicted octanol–water partition coefficient (Wildman–Crippen LogP) is 4.12. The van der Waals surface area contributed by atoms with Crippen LogP contribution in [0.5, 0.6) is 11.5 Å². The summed E-state index contributed by atoms with van der Waals surface area (Å²) in [5, 5.41) is 3.16. The Balaban J connectivity index is 2.15. The molecule has 2 aromatic carbocycles. The number of benzene rings is 2. The van der Waals surface area contributed by atoms with Gasteiger partial charge in [-0.15, -0.1) is 0 Å². The van der Waals surface area contributed by atoms with Gasteiger partial charge in [-0.1, -0.05) is 17.7 Å². The van der Waals surface area contributed by atoms with Gasteiger partial charge in [0.15, 0.2) is 11.5 Å². The van der Waals surface area contributed by atoms with Crippen LogP contribution in [-0.2, 0) is 6.54 Å². The van der Waals surface area contributed by atoms with Crippen LogP contribution in [0.1, 0.15) is 28.4 Å². The average molecular weight is 352 g/mol. The minimum absolute atomic E-state index is 0.233. The highest BCUT2D eigenvalue weighted by atomic mass is 35.5. The second-order valence-electron chi connectivity index (χ2n) is 5.18. The molecule has 1 N–H and O–H groups in total. The number of nitrogens with one attached hydrogen (secondary N) is 1. The molecule has 0 spiro atoms. The number of hydrogen-bond acceptors (Lipinski definition) is 3. The number of amides is 1. The summed E-state index contributed by atoms with van der Waals surface area (Å²) in [4.78, 5) is 12.2. The Morgan fingerprint density at radius 3 is 2.71 bits per heavy atom. The van der Waals surface area contributed by atoms with Gasteiger partial charge in [-0.25, -0.2) is 4.39 Å². The van der Waals surface area contributed by atoms with Crippen LogP contribution in [0.4, 0.5) is 4.39 Å². The van der Waals surface area contributed by atoms with Crippen LogP contribution in [0.15, 0.2) is 30.3 Å². The molecule has 24 heavy (non-hydrogen) atoms. The molecule has 1 amide bonds. The standard InChI is InChI=1S/C18H19ClFNO3/c1-4-24-17-15(19)7-12(8-16(17)23-3)10-21-18(22)14-9-13(20)6-5-11(14)2/h5-9H,4,10H2,1-3H3,(H,21,22). The molecule has 6 heteroatoms. The molecule has 0 aromatic heterocycles. The normalized spacial score (nSPS) is 10.4. The predicted molar refractivity (Wildman–Crippen MR) is 91.5 cm³/mol. The molecule has 0 unspecified atom stereocenters. The van der Waals surface area contributed by atoms with Gasteiger partial charge in [-0.05, 0) is 49.2 Å². The lowest BCUT2D eigenvalue weighted by Gasteiger charge is -2.14. The number of hydrogen-bond donors (Lipinski definition) is 1. The fourth-order valence-corrected chi connectivity index (χ4v) is 2.56. The van der Waals surface area contributed by atoms with Crippen molar-refractivity contribution in [2.24, 2.45) is 0 Å². The van der Waals surface area contributed by atoms with Gasteiger partial charge < -0.3 is 14.8 Å². The van der Waals surface area contributed by atoms with Crippen molar-refractivity contribution in [3.63, 3.8) is 0 Å². The minimum Gasteiger partial charge on any atom is -0.493 e. The van der Waals surface area contributed by atoms with Crippen LogP contribution in [0.25, 0.3) is 0 Å². The summed E-state index contributed by atoms with van der Waals surface area (Å²) in [6.07, 6.45) is 0. The van der Waals surface area contributed by atoms with E-state index < -0.39 is 5.82 Å². The summed E-state index contributed by atoms with van der Waals surface area (Å²) >= 11 is 6.20. The zero-order valence-corrected chi connectivity index (χ0v) is 14.5. The maximum Gasteiger partial charge on any atom is 0.251 e. The quantitative estimate of drug-likeness (QED) is 0.851. The van der Waals surface area contributed by atoms with Crippen molar-refractivity contribution in [1.29, 1.82) is 0 Å². The third-order valence-electron chi connectivity index (χ3n) is 3.48. The zero-order chi connectivity index (χ0) is 17.7. The van der Waals surface area contributed by atoms with E-state index in [1.807, 2.05) is 6.92 Å². The SMILES string of the molecule is CCOc1c(Cl)cc(CNC(=O)c2cc(F)ccc2C)cc1OC. The summed E-state index contributed by atoms with van der Waals surface area (Å²) < 4.78 is 24.0. The van der Waals surface area contributed by atoms with E-state index in [0.717, 1.165) is 5.56 Å². The Kier molecular flexibility index (Phi) is 6.04. The molecule has 0 aliphatic heterocycles. The van der Waals surface area contributed by atoms with Gasteiger partial charge in [0.1, 0.15) is 5.82 Å². The molecule has 0 atom stereocenters. The molecular formula is C18H19ClFNO3. The maximum atomic E-state index is 13.3. The number of carbonyl (C=O) groups is 1. The molecule has 0 saturated heterocycles. The van der Waals surface area contributed by atoms with Crippen molar-refractivity contribution in [3.8, 4) is 11.5 Å². The van der Waals surface area contributed by atoms with Crippen LogP contribution in [0.3, 0.4) is 0 Å². The van der Waals surface area contributed by atoms with Crippen LogP contribution in [-0.4, -0.2) is 19.6 Å². The molecule has 0 aliphatic rings. The summed E-state index contributed by atoms with van der Waals surface area (Å²) in [7, 11) is 1.52. The van der Waals surface area contributed by atoms with Gasteiger partial charge in [0.2, 0.25) is 0 Å². The molecule has 4 nitrogen and oxygen atoms in total. The smallest absolute Gasteiger partial charge is 0.251 e. The number of rotatable bonds is 6. The topological polar surface area (TPSA) is 47.6 Å². The fourth-order valence-electron chi connectivity index (χ4n) is 2.28. The Labute approximate surface area is 145 Å². The van der Waals surface area contributed by atoms with Crippen LogP contribution < -0.4 is 14.8 Å². The lowest BCUT2D eigenvalue weighted by molar-refractivity contribution is 0.0950. The summed E-state index contributed by atoms with van der Waals surface area (Å²) in [5.41, 5.74) is 1.76. The van der Waals surface area contributed by atoms with E-state index in [1.54, 1.807) is 25.1 Å². The lowest BCUT2D eigenvalue weighted by Crippen LogP contribution is -2.23. The zero-order valence-electron chi connectivity index (χ0n) is 13.8. The van der Waals surface area contributed by atoms with E-state index in [1.165, 1.54) is 19.2 Å². The third kappa shape index (κ3) is 4.17. The monoisotopic (exact) mass is 351 g/mol. The van der Waals surface area contributed by atoms with Crippen LogP contribution in [0.2, 0.25) is 5.02 Å². The third-order valence-corrected chi connectivity index (χ3v) is 3.76. The maximum absolute atomic E-state index is 13.3. The molecule has 0 fully saturated rings. The molecule has 128 valence electrons. The van der Waals surface area contributed by atoms with Gasteiger partial charge in [0, 0.05) is 12.1 Å². The highest BCUT2D eigenvalue weighted by molar-refractivity contribution is 6.32. The molecule has 0 radical (unpaired) electrons. The van der Waals surface area contributed by atoms with Crippen molar-refractivity contribution >= 4 is 17.5 Å². The first-order valence-corrected chi connectivity index (χ1v) is 7.87. The van der Waals surface area contributed by atoms with E-state index in [4.69, 9.17) is 21.1 Å². The first kappa shape index (κ1) is 18.1. The van der Waals surface area contributed by atoms with Crippen LogP contribution >= 0.6 is 11.6 Å². The molecule has 0 saturated carbocycles. The van der Waals surface area contributed by atoms with Crippen molar-refractivity contribution in [3.05, 3.63) is 57.9 Å². The molecule has 2 aromatic rings. The highest BCUT2D eigenvalue weighted by Gasteiger charge is 2.14. The number of aryl methyl sites for hydroxylation is 1. The van der Waals surface area contributed by atoms with Crippen molar-refractivity contribution < 1.29 is 18.7 Å². The Morgan fingerprint density at radius 2 is 2.04 bits per heavy atom. The Hall–Kier alpha value is -2.27. The van der Waals surface area contributed by atoms with Crippen molar-refractivity contribution in [1.82, 2.24) is 5.32 Å². The minimum atomic E-state index is -0.448. The molecule has 2 rings (SSSR count). The lowest BCUT2D eigenvalue weighted by atomic mass is 10.1. The number of methoxy groups -OCH3 is 1. The van der Waals surface area contributed by atoms with Gasteiger partial charge in [0.05, 0.1) is 18.7 Å². The summed E-state index contributed by atoms with van der Waals surface area (Å²) in [6.45, 7) is 4.30. The van der Waals surface area contributed by atoms with E-state index in [-0.39, 0.29) is 12.5 Å². The van der Waals surface area contributed by atoms with E-state index >= 15 is 0 Å². The molecular weight excluding hydrogens is 333 g/mol. The van der Waals surface area contributed by atoms with Crippen LogP contribution in [0, 0.1) is 12.7 Å². The van der Waals surface area contributed by atoms with Crippen molar-refractivity contribution in [2.45, 2.75) is 20.4 Å². The highest BCUT2D eigenvalue weighted by Crippen LogP contribution is 2.36. The number of ether oxygens (including phenoxy) is 2. The van der Waals surface area contributed by atoms with Gasteiger partial charge in [-0.3, -0.25) is 4.79 Å². The largest absolute Gasteiger partial charge is 0.493 e. The summed E-state index contributed by atoms with van der Waals surface area (Å²) in [6, 6.07) is 7.56. The Bertz CT molecular complexity index is 749. The Morgan fingerprint density at radius 1 is 1.29 bits per heavy atom. The first-order chi connectivity index (χ1) is 11.5. The van der Waals surface area contributed by atoms with E-state index in [0.29, 0.717) is 34.3 Å². The summed E-state index contributed by atoms with van der Waals surface area (Å²) in [5.74, 6) is 0.167. The van der Waals surface area contributed by atoms with Gasteiger partial charge in [0.25, 0.3) is 5.91 Å². The molecule has 0 heterocycles. The first-order valence-electron chi connectivity index (χ1n) is 7.49. The van der Waals surface area contributed by atoms with Gasteiger partial charge >= 0.3 is 0 Å². The average Bonchev–Trinajstić information content (AvgIpc) is 2.56.